The zero-order valence-corrected chi connectivity index (χ0v) is 9.98. The van der Waals surface area contributed by atoms with Crippen molar-refractivity contribution < 1.29 is 9.18 Å². The van der Waals surface area contributed by atoms with E-state index in [1.165, 1.54) is 12.1 Å². The molecule has 5 heteroatoms. The number of benzene rings is 1. The van der Waals surface area contributed by atoms with Gasteiger partial charge in [-0.15, -0.1) is 0 Å². The maximum absolute atomic E-state index is 12.8. The van der Waals surface area contributed by atoms with Crippen LogP contribution in [0.1, 0.15) is 16.1 Å². The molecule has 1 aromatic carbocycles. The van der Waals surface area contributed by atoms with Gasteiger partial charge in [-0.3, -0.25) is 4.79 Å². The number of aromatic amines is 1. The Labute approximate surface area is 104 Å². The van der Waals surface area contributed by atoms with Gasteiger partial charge in [-0.2, -0.15) is 0 Å². The number of nitrogens with zero attached hydrogens (tertiary/aromatic N) is 1. The third-order valence-electron chi connectivity index (χ3n) is 2.62. The molecule has 0 saturated heterocycles. The molecule has 1 amide bonds. The molecular weight excluding hydrogens is 233 g/mol. The van der Waals surface area contributed by atoms with E-state index in [0.29, 0.717) is 17.9 Å². The number of anilines is 1. The van der Waals surface area contributed by atoms with Gasteiger partial charge >= 0.3 is 0 Å². The van der Waals surface area contributed by atoms with Gasteiger partial charge in [0.1, 0.15) is 11.5 Å². The minimum Gasteiger partial charge on any atom is -0.397 e. The molecule has 2 rings (SSSR count). The third-order valence-corrected chi connectivity index (χ3v) is 2.62. The molecule has 0 aliphatic carbocycles. The lowest BCUT2D eigenvalue weighted by Gasteiger charge is -2.16. The third kappa shape index (κ3) is 2.68. The smallest absolute Gasteiger partial charge is 0.270 e. The van der Waals surface area contributed by atoms with E-state index >= 15 is 0 Å². The van der Waals surface area contributed by atoms with Gasteiger partial charge in [-0.25, -0.2) is 4.39 Å². The lowest BCUT2D eigenvalue weighted by Crippen LogP contribution is -2.26. The number of aromatic nitrogens is 1. The van der Waals surface area contributed by atoms with E-state index in [4.69, 9.17) is 5.73 Å². The van der Waals surface area contributed by atoms with E-state index in [1.807, 2.05) is 0 Å². The van der Waals surface area contributed by atoms with Crippen LogP contribution >= 0.6 is 0 Å². The predicted molar refractivity (Wildman–Crippen MR) is 67.4 cm³/mol. The van der Waals surface area contributed by atoms with Gasteiger partial charge in [0.05, 0.1) is 0 Å². The first-order valence-electron chi connectivity index (χ1n) is 5.50. The molecule has 1 aromatic heterocycles. The molecule has 2 aromatic rings. The number of amides is 1. The highest BCUT2D eigenvalue weighted by Crippen LogP contribution is 2.10. The molecule has 1 heterocycles. The van der Waals surface area contributed by atoms with Crippen LogP contribution in [0.5, 0.6) is 0 Å². The van der Waals surface area contributed by atoms with E-state index in [2.05, 4.69) is 4.98 Å². The topological polar surface area (TPSA) is 62.1 Å². The zero-order valence-electron chi connectivity index (χ0n) is 9.98. The summed E-state index contributed by atoms with van der Waals surface area (Å²) in [4.78, 5) is 16.3. The van der Waals surface area contributed by atoms with Crippen LogP contribution in [-0.4, -0.2) is 22.8 Å². The van der Waals surface area contributed by atoms with E-state index in [0.717, 1.165) is 5.56 Å². The Morgan fingerprint density at radius 3 is 2.61 bits per heavy atom. The minimum atomic E-state index is -0.287. The fourth-order valence-corrected chi connectivity index (χ4v) is 1.68. The maximum Gasteiger partial charge on any atom is 0.270 e. The second kappa shape index (κ2) is 4.91. The lowest BCUT2D eigenvalue weighted by atomic mass is 10.2. The SMILES string of the molecule is CN(Cc1ccc(F)cc1)C(=O)c1cc(N)c[nH]1. The Balaban J connectivity index is 2.05. The normalized spacial score (nSPS) is 10.3. The Morgan fingerprint density at radius 2 is 2.06 bits per heavy atom. The summed E-state index contributed by atoms with van der Waals surface area (Å²) in [6.45, 7) is 0.415. The molecule has 0 spiro atoms. The van der Waals surface area contributed by atoms with Crippen molar-refractivity contribution in [1.82, 2.24) is 9.88 Å². The summed E-state index contributed by atoms with van der Waals surface area (Å²) in [5, 5.41) is 0. The molecule has 18 heavy (non-hydrogen) atoms. The number of hydrogen-bond donors (Lipinski definition) is 2. The summed E-state index contributed by atoms with van der Waals surface area (Å²) in [7, 11) is 1.68. The van der Waals surface area contributed by atoms with Crippen LogP contribution in [0.15, 0.2) is 36.5 Å². The van der Waals surface area contributed by atoms with Crippen molar-refractivity contribution in [1.29, 1.82) is 0 Å². The first kappa shape index (κ1) is 12.2. The van der Waals surface area contributed by atoms with Crippen LogP contribution in [0.3, 0.4) is 0 Å². The second-order valence-electron chi connectivity index (χ2n) is 4.13. The van der Waals surface area contributed by atoms with Crippen molar-refractivity contribution in [3.8, 4) is 0 Å². The zero-order chi connectivity index (χ0) is 13.1. The number of nitrogens with one attached hydrogen (secondary N) is 1. The van der Waals surface area contributed by atoms with Crippen molar-refractivity contribution in [2.24, 2.45) is 0 Å². The summed E-state index contributed by atoms with van der Waals surface area (Å²) in [6, 6.07) is 7.65. The summed E-state index contributed by atoms with van der Waals surface area (Å²) < 4.78 is 12.8. The van der Waals surface area contributed by atoms with E-state index in [-0.39, 0.29) is 11.7 Å². The quantitative estimate of drug-likeness (QED) is 0.871. The largest absolute Gasteiger partial charge is 0.397 e. The number of H-pyrrole nitrogens is 1. The summed E-state index contributed by atoms with van der Waals surface area (Å²) in [6.07, 6.45) is 1.57. The van der Waals surface area contributed by atoms with Gasteiger partial charge in [0.15, 0.2) is 0 Å². The molecular formula is C13H14FN3O. The molecule has 0 bridgehead atoms. The minimum absolute atomic E-state index is 0.156. The van der Waals surface area contributed by atoms with Crippen molar-refractivity contribution in [3.63, 3.8) is 0 Å². The first-order chi connectivity index (χ1) is 8.56. The fourth-order valence-electron chi connectivity index (χ4n) is 1.68. The fraction of sp³-hybridized carbons (Fsp3) is 0.154. The molecule has 0 saturated carbocycles. The molecule has 0 atom stereocenters. The molecule has 94 valence electrons. The van der Waals surface area contributed by atoms with Crippen LogP contribution in [0.25, 0.3) is 0 Å². The number of carbonyl (C=O) groups is 1. The number of nitrogens with two attached hydrogens (primary N) is 1. The molecule has 0 aliphatic rings. The number of rotatable bonds is 3. The van der Waals surface area contributed by atoms with Crippen LogP contribution in [0, 0.1) is 5.82 Å². The van der Waals surface area contributed by atoms with Gasteiger partial charge in [0, 0.05) is 25.5 Å². The Morgan fingerprint density at radius 1 is 1.39 bits per heavy atom. The van der Waals surface area contributed by atoms with Gasteiger partial charge in [0.25, 0.3) is 5.91 Å². The first-order valence-corrected chi connectivity index (χ1v) is 5.50. The van der Waals surface area contributed by atoms with Crippen molar-refractivity contribution in [2.45, 2.75) is 6.54 Å². The van der Waals surface area contributed by atoms with Gasteiger partial charge in [0.2, 0.25) is 0 Å². The molecule has 0 radical (unpaired) electrons. The monoisotopic (exact) mass is 247 g/mol. The van der Waals surface area contributed by atoms with Gasteiger partial charge in [-0.05, 0) is 23.8 Å². The van der Waals surface area contributed by atoms with E-state index in [9.17, 15) is 9.18 Å². The van der Waals surface area contributed by atoms with E-state index in [1.54, 1.807) is 36.3 Å². The Bertz CT molecular complexity index is 548. The second-order valence-corrected chi connectivity index (χ2v) is 4.13. The standard InChI is InChI=1S/C13H14FN3O/c1-17(8-9-2-4-10(14)5-3-9)13(18)12-6-11(15)7-16-12/h2-7,16H,8,15H2,1H3. The highest BCUT2D eigenvalue weighted by Gasteiger charge is 2.13. The average Bonchev–Trinajstić information content (AvgIpc) is 2.78. The van der Waals surface area contributed by atoms with Crippen molar-refractivity contribution in [3.05, 3.63) is 53.6 Å². The molecule has 0 fully saturated rings. The lowest BCUT2D eigenvalue weighted by molar-refractivity contribution is 0.0780. The van der Waals surface area contributed by atoms with Crippen molar-refractivity contribution >= 4 is 11.6 Å². The highest BCUT2D eigenvalue weighted by molar-refractivity contribution is 5.93. The van der Waals surface area contributed by atoms with Crippen LogP contribution < -0.4 is 5.73 Å². The molecule has 0 aliphatic heterocycles. The predicted octanol–water partition coefficient (Wildman–Crippen LogP) is 2.01. The van der Waals surface area contributed by atoms with Crippen LogP contribution in [0.2, 0.25) is 0 Å². The summed E-state index contributed by atoms with van der Waals surface area (Å²) >= 11 is 0. The van der Waals surface area contributed by atoms with E-state index < -0.39 is 0 Å². The number of nitrogen functional groups attached to an aromatic ring is 1. The average molecular weight is 247 g/mol. The van der Waals surface area contributed by atoms with Gasteiger partial charge < -0.3 is 15.6 Å². The van der Waals surface area contributed by atoms with Gasteiger partial charge in [-0.1, -0.05) is 12.1 Å². The molecule has 4 nitrogen and oxygen atoms in total. The summed E-state index contributed by atoms with van der Waals surface area (Å²) in [5.41, 5.74) is 7.37. The number of halogens is 1. The van der Waals surface area contributed by atoms with Crippen LogP contribution in [-0.2, 0) is 6.54 Å². The Hall–Kier alpha value is -2.30. The van der Waals surface area contributed by atoms with Crippen LogP contribution in [0.4, 0.5) is 10.1 Å². The maximum atomic E-state index is 12.8. The number of hydrogen-bond acceptors (Lipinski definition) is 2. The van der Waals surface area contributed by atoms with Crippen molar-refractivity contribution in [2.75, 3.05) is 12.8 Å². The molecule has 0 unspecified atom stereocenters. The number of carbonyl (C=O) groups excluding carboxylic acids is 1. The molecule has 3 N–H and O–H groups in total. The highest BCUT2D eigenvalue weighted by atomic mass is 19.1. The summed E-state index contributed by atoms with van der Waals surface area (Å²) in [5.74, 6) is -0.444. The Kier molecular flexibility index (Phi) is 3.32.